The normalized spacial score (nSPS) is 12.1. The molecule has 2 aromatic heterocycles. The molecule has 2 heterocycles. The zero-order valence-corrected chi connectivity index (χ0v) is 19.7. The number of fused-ring (bicyclic) bond motifs is 1. The molecule has 0 saturated heterocycles. The summed E-state index contributed by atoms with van der Waals surface area (Å²) in [5, 5.41) is 4.66. The van der Waals surface area contributed by atoms with E-state index in [2.05, 4.69) is 27.9 Å². The van der Waals surface area contributed by atoms with Gasteiger partial charge in [-0.3, -0.25) is 9.78 Å². The summed E-state index contributed by atoms with van der Waals surface area (Å²) in [6, 6.07) is 17.7. The maximum absolute atomic E-state index is 12.4. The Morgan fingerprint density at radius 1 is 1.16 bits per heavy atom. The highest BCUT2D eigenvalue weighted by molar-refractivity contribution is 7.98. The predicted octanol–water partition coefficient (Wildman–Crippen LogP) is 5.95. The van der Waals surface area contributed by atoms with Gasteiger partial charge in [0.1, 0.15) is 0 Å². The van der Waals surface area contributed by atoms with Crippen molar-refractivity contribution in [3.8, 4) is 0 Å². The van der Waals surface area contributed by atoms with E-state index in [0.717, 1.165) is 44.5 Å². The van der Waals surface area contributed by atoms with E-state index in [1.54, 1.807) is 18.0 Å². The predicted molar refractivity (Wildman–Crippen MR) is 131 cm³/mol. The highest BCUT2D eigenvalue weighted by Crippen LogP contribution is 2.28. The molecule has 2 aromatic carbocycles. The van der Waals surface area contributed by atoms with Gasteiger partial charge < -0.3 is 9.88 Å². The van der Waals surface area contributed by atoms with Gasteiger partial charge in [-0.05, 0) is 54.8 Å². The third kappa shape index (κ3) is 5.31. The van der Waals surface area contributed by atoms with Crippen LogP contribution in [0.1, 0.15) is 41.8 Å². The van der Waals surface area contributed by atoms with Crippen LogP contribution < -0.4 is 5.32 Å². The van der Waals surface area contributed by atoms with Gasteiger partial charge in [0.15, 0.2) is 5.16 Å². The minimum atomic E-state index is -0.0408. The van der Waals surface area contributed by atoms with Crippen molar-refractivity contribution in [2.45, 2.75) is 43.8 Å². The van der Waals surface area contributed by atoms with E-state index in [-0.39, 0.29) is 11.9 Å². The molecule has 0 radical (unpaired) electrons. The lowest BCUT2D eigenvalue weighted by Gasteiger charge is -2.12. The Labute approximate surface area is 197 Å². The van der Waals surface area contributed by atoms with Crippen LogP contribution in [0.5, 0.6) is 0 Å². The van der Waals surface area contributed by atoms with Gasteiger partial charge in [-0.15, -0.1) is 0 Å². The number of imidazole rings is 1. The number of pyridine rings is 1. The van der Waals surface area contributed by atoms with E-state index in [1.807, 2.05) is 61.7 Å². The number of aromatic nitrogens is 3. The summed E-state index contributed by atoms with van der Waals surface area (Å²) in [7, 11) is 0. The van der Waals surface area contributed by atoms with Crippen LogP contribution in [0, 0.1) is 0 Å². The first kappa shape index (κ1) is 22.4. The topological polar surface area (TPSA) is 59.8 Å². The van der Waals surface area contributed by atoms with Crippen molar-refractivity contribution in [2.75, 3.05) is 0 Å². The number of carbonyl (C=O) groups is 1. The highest BCUT2D eigenvalue weighted by atomic mass is 35.5. The summed E-state index contributed by atoms with van der Waals surface area (Å²) in [6.07, 6.45) is 4.51. The fourth-order valence-corrected chi connectivity index (χ4v) is 4.51. The van der Waals surface area contributed by atoms with Crippen molar-refractivity contribution in [3.05, 3.63) is 88.7 Å². The van der Waals surface area contributed by atoms with Gasteiger partial charge in [0.05, 0.1) is 23.8 Å². The molecule has 0 aliphatic carbocycles. The first-order valence-corrected chi connectivity index (χ1v) is 12.0. The monoisotopic (exact) mass is 464 g/mol. The standard InChI is InChI=1S/C25H25ClN4OS/c1-3-17(2)28-24(31)20-9-7-18(8-10-20)15-30-23-14-27-12-11-22(23)29-25(30)32-16-19-5-4-6-21(26)13-19/h4-14,17H,3,15-16H2,1-2H3,(H,28,31)/t17-/m1/s1. The molecule has 4 aromatic rings. The molecule has 0 aliphatic heterocycles. The molecule has 0 fully saturated rings. The molecule has 0 unspecified atom stereocenters. The molecule has 1 amide bonds. The van der Waals surface area contributed by atoms with E-state index in [9.17, 15) is 4.79 Å². The van der Waals surface area contributed by atoms with Crippen molar-refractivity contribution < 1.29 is 4.79 Å². The molecular formula is C25H25ClN4OS. The fourth-order valence-electron chi connectivity index (χ4n) is 3.34. The molecule has 1 N–H and O–H groups in total. The van der Waals surface area contributed by atoms with E-state index in [0.29, 0.717) is 12.1 Å². The van der Waals surface area contributed by atoms with Crippen molar-refractivity contribution >= 4 is 40.3 Å². The number of nitrogens with zero attached hydrogens (tertiary/aromatic N) is 3. The number of benzene rings is 2. The van der Waals surface area contributed by atoms with Crippen LogP contribution in [-0.2, 0) is 12.3 Å². The minimum Gasteiger partial charge on any atom is -0.350 e. The van der Waals surface area contributed by atoms with Crippen LogP contribution in [0.4, 0.5) is 0 Å². The zero-order chi connectivity index (χ0) is 22.5. The maximum atomic E-state index is 12.4. The highest BCUT2D eigenvalue weighted by Gasteiger charge is 2.13. The molecule has 5 nitrogen and oxygen atoms in total. The van der Waals surface area contributed by atoms with Crippen molar-refractivity contribution in [1.82, 2.24) is 19.9 Å². The van der Waals surface area contributed by atoms with E-state index in [4.69, 9.17) is 16.6 Å². The third-order valence-corrected chi connectivity index (χ3v) is 6.60. The Bertz CT molecular complexity index is 1220. The van der Waals surface area contributed by atoms with Gasteiger partial charge in [0, 0.05) is 28.6 Å². The smallest absolute Gasteiger partial charge is 0.251 e. The number of hydrogen-bond acceptors (Lipinski definition) is 4. The van der Waals surface area contributed by atoms with Crippen LogP contribution in [0.25, 0.3) is 11.0 Å². The molecule has 32 heavy (non-hydrogen) atoms. The second-order valence-electron chi connectivity index (χ2n) is 7.74. The molecule has 0 aliphatic rings. The number of thioether (sulfide) groups is 1. The number of carbonyl (C=O) groups excluding carboxylic acids is 1. The molecule has 0 spiro atoms. The lowest BCUT2D eigenvalue weighted by atomic mass is 10.1. The van der Waals surface area contributed by atoms with Crippen LogP contribution in [0.2, 0.25) is 5.02 Å². The summed E-state index contributed by atoms with van der Waals surface area (Å²) < 4.78 is 2.17. The van der Waals surface area contributed by atoms with Gasteiger partial charge in [0.25, 0.3) is 5.91 Å². The lowest BCUT2D eigenvalue weighted by Crippen LogP contribution is -2.31. The number of hydrogen-bond donors (Lipinski definition) is 1. The Morgan fingerprint density at radius 2 is 1.97 bits per heavy atom. The van der Waals surface area contributed by atoms with Crippen LogP contribution in [0.15, 0.2) is 72.1 Å². The molecular weight excluding hydrogens is 440 g/mol. The SMILES string of the molecule is CC[C@@H](C)NC(=O)c1ccc(Cn2c(SCc3cccc(Cl)c3)nc3ccncc32)cc1. The second-order valence-corrected chi connectivity index (χ2v) is 9.12. The Morgan fingerprint density at radius 3 is 2.72 bits per heavy atom. The zero-order valence-electron chi connectivity index (χ0n) is 18.1. The third-order valence-electron chi connectivity index (χ3n) is 5.32. The molecule has 4 rings (SSSR count). The summed E-state index contributed by atoms with van der Waals surface area (Å²) in [6.45, 7) is 4.71. The summed E-state index contributed by atoms with van der Waals surface area (Å²) in [5.41, 5.74) is 4.81. The van der Waals surface area contributed by atoms with Crippen LogP contribution in [0.3, 0.4) is 0 Å². The van der Waals surface area contributed by atoms with Crippen molar-refractivity contribution in [1.29, 1.82) is 0 Å². The Hall–Kier alpha value is -2.83. The van der Waals surface area contributed by atoms with Crippen molar-refractivity contribution in [3.63, 3.8) is 0 Å². The number of rotatable bonds is 8. The van der Waals surface area contributed by atoms with E-state index in [1.165, 1.54) is 0 Å². The van der Waals surface area contributed by atoms with E-state index >= 15 is 0 Å². The average Bonchev–Trinajstić information content (AvgIpc) is 3.15. The summed E-state index contributed by atoms with van der Waals surface area (Å²) >= 11 is 7.81. The second kappa shape index (κ2) is 10.2. The molecule has 0 bridgehead atoms. The molecule has 164 valence electrons. The van der Waals surface area contributed by atoms with Gasteiger partial charge in [-0.25, -0.2) is 4.98 Å². The van der Waals surface area contributed by atoms with E-state index < -0.39 is 0 Å². The van der Waals surface area contributed by atoms with Crippen LogP contribution in [-0.4, -0.2) is 26.5 Å². The van der Waals surface area contributed by atoms with Gasteiger partial charge in [-0.2, -0.15) is 0 Å². The quantitative estimate of drug-likeness (QED) is 0.327. The lowest BCUT2D eigenvalue weighted by molar-refractivity contribution is 0.0939. The minimum absolute atomic E-state index is 0.0408. The van der Waals surface area contributed by atoms with Gasteiger partial charge in [-0.1, -0.05) is 54.6 Å². The van der Waals surface area contributed by atoms with Gasteiger partial charge in [0.2, 0.25) is 0 Å². The first-order chi connectivity index (χ1) is 15.5. The maximum Gasteiger partial charge on any atom is 0.251 e. The molecule has 7 heteroatoms. The number of amides is 1. The Kier molecular flexibility index (Phi) is 7.12. The van der Waals surface area contributed by atoms with Gasteiger partial charge >= 0.3 is 0 Å². The Balaban J connectivity index is 1.55. The first-order valence-electron chi connectivity index (χ1n) is 10.6. The summed E-state index contributed by atoms with van der Waals surface area (Å²) in [4.78, 5) is 21.5. The average molecular weight is 465 g/mol. The fraction of sp³-hybridized carbons (Fsp3) is 0.240. The van der Waals surface area contributed by atoms with Crippen molar-refractivity contribution in [2.24, 2.45) is 0 Å². The number of halogens is 1. The molecule has 0 saturated carbocycles. The molecule has 1 atom stereocenters. The largest absolute Gasteiger partial charge is 0.350 e. The summed E-state index contributed by atoms with van der Waals surface area (Å²) in [5.74, 6) is 0.729. The van der Waals surface area contributed by atoms with Crippen LogP contribution >= 0.6 is 23.4 Å². The number of nitrogens with one attached hydrogen (secondary N) is 1.